The summed E-state index contributed by atoms with van der Waals surface area (Å²) < 4.78 is 0. The predicted molar refractivity (Wildman–Crippen MR) is 116 cm³/mol. The third-order valence-electron chi connectivity index (χ3n) is 4.97. The number of carbonyl (C=O) groups excluding carboxylic acids is 1. The van der Waals surface area contributed by atoms with E-state index in [1.165, 1.54) is 12.3 Å². The molecule has 0 radical (unpaired) electrons. The monoisotopic (exact) mass is 396 g/mol. The van der Waals surface area contributed by atoms with Crippen LogP contribution in [0.2, 0.25) is 0 Å². The molecule has 1 fully saturated rings. The van der Waals surface area contributed by atoms with Gasteiger partial charge in [0, 0.05) is 43.8 Å². The zero-order valence-electron chi connectivity index (χ0n) is 16.8. The number of anilines is 2. The summed E-state index contributed by atoms with van der Waals surface area (Å²) in [6.45, 7) is 8.99. The van der Waals surface area contributed by atoms with Gasteiger partial charge < -0.3 is 31.2 Å². The molecule has 1 aliphatic rings. The number of allylic oxidation sites excluding steroid dienone is 1. The van der Waals surface area contributed by atoms with E-state index in [0.717, 1.165) is 24.8 Å². The molecule has 9 nitrogen and oxygen atoms in total. The summed E-state index contributed by atoms with van der Waals surface area (Å²) >= 11 is 0. The number of nitrogens with one attached hydrogen (secondary N) is 5. The van der Waals surface area contributed by atoms with Gasteiger partial charge in [0.05, 0.1) is 11.1 Å². The molecule has 0 aliphatic carbocycles. The number of rotatable bonds is 8. The summed E-state index contributed by atoms with van der Waals surface area (Å²) in [5, 5.41) is 18.0. The molecule has 0 unspecified atom stereocenters. The average molecular weight is 396 g/mol. The van der Waals surface area contributed by atoms with Gasteiger partial charge >= 0.3 is 0 Å². The first-order valence-corrected chi connectivity index (χ1v) is 9.81. The summed E-state index contributed by atoms with van der Waals surface area (Å²) in [6.07, 6.45) is 7.95. The zero-order valence-corrected chi connectivity index (χ0v) is 16.8. The van der Waals surface area contributed by atoms with Crippen LogP contribution in [0.25, 0.3) is 11.0 Å². The van der Waals surface area contributed by atoms with Gasteiger partial charge in [-0.2, -0.15) is 9.97 Å². The van der Waals surface area contributed by atoms with Crippen molar-refractivity contribution in [2.24, 2.45) is 0 Å². The lowest BCUT2D eigenvalue weighted by atomic mass is 9.99. The molecular weight excluding hydrogens is 368 g/mol. The number of H-pyrrole nitrogens is 1. The van der Waals surface area contributed by atoms with E-state index in [-0.39, 0.29) is 18.0 Å². The van der Waals surface area contributed by atoms with Gasteiger partial charge in [0.15, 0.2) is 0 Å². The standard InChI is InChI=1S/C20H28N8O/c1-4-17(29)28-12-14(7-6-13(28)3)24-19-16-8-9-23-18(16)26-20(27-19)25-15(10-21)11-22-5-2/h4,8-11,13-14,21-22H,1,5-7,12H2,2-3H3,(H3,23,24,25,26,27)/b15-11+,21-10?/t13-,14+/m0/s1. The van der Waals surface area contributed by atoms with Crippen LogP contribution in [-0.2, 0) is 4.79 Å². The second kappa shape index (κ2) is 9.22. The van der Waals surface area contributed by atoms with E-state index >= 15 is 0 Å². The van der Waals surface area contributed by atoms with Crippen molar-refractivity contribution in [2.75, 3.05) is 23.7 Å². The molecule has 29 heavy (non-hydrogen) atoms. The molecule has 5 N–H and O–H groups in total. The first kappa shape index (κ1) is 20.4. The molecule has 0 saturated carbocycles. The summed E-state index contributed by atoms with van der Waals surface area (Å²) in [5.74, 6) is 1.03. The van der Waals surface area contributed by atoms with Crippen molar-refractivity contribution < 1.29 is 4.79 Å². The SMILES string of the molecule is C=CC(=O)N1C[C@H](Nc2nc(N/C(C=N)=C/NCC)nc3[nH]ccc23)CC[C@@H]1C. The fourth-order valence-electron chi connectivity index (χ4n) is 3.40. The number of nitrogens with zero attached hydrogens (tertiary/aromatic N) is 3. The lowest BCUT2D eigenvalue weighted by Crippen LogP contribution is -2.49. The van der Waals surface area contributed by atoms with Crippen LogP contribution in [0.5, 0.6) is 0 Å². The summed E-state index contributed by atoms with van der Waals surface area (Å²) in [5.41, 5.74) is 1.25. The molecule has 0 aromatic carbocycles. The molecule has 154 valence electrons. The normalized spacial score (nSPS) is 19.7. The van der Waals surface area contributed by atoms with E-state index in [1.807, 2.05) is 24.1 Å². The molecule has 9 heteroatoms. The number of piperidine rings is 1. The third-order valence-corrected chi connectivity index (χ3v) is 4.97. The minimum atomic E-state index is -0.0509. The molecule has 1 amide bonds. The molecule has 2 aromatic rings. The quantitative estimate of drug-likeness (QED) is 0.345. The van der Waals surface area contributed by atoms with E-state index in [0.29, 0.717) is 29.7 Å². The van der Waals surface area contributed by atoms with Crippen LogP contribution in [0.15, 0.2) is 36.8 Å². The smallest absolute Gasteiger partial charge is 0.246 e. The Hall–Kier alpha value is -3.36. The van der Waals surface area contributed by atoms with Gasteiger partial charge in [0.2, 0.25) is 11.9 Å². The highest BCUT2D eigenvalue weighted by molar-refractivity contribution is 5.89. The van der Waals surface area contributed by atoms with Crippen LogP contribution in [0.3, 0.4) is 0 Å². The molecule has 0 bridgehead atoms. The van der Waals surface area contributed by atoms with Gasteiger partial charge in [-0.05, 0) is 38.8 Å². The van der Waals surface area contributed by atoms with Gasteiger partial charge in [-0.25, -0.2) is 0 Å². The number of hydrogen-bond acceptors (Lipinski definition) is 7. The first-order chi connectivity index (χ1) is 14.0. The van der Waals surface area contributed by atoms with Crippen molar-refractivity contribution in [3.63, 3.8) is 0 Å². The van der Waals surface area contributed by atoms with Gasteiger partial charge in [-0.15, -0.1) is 0 Å². The van der Waals surface area contributed by atoms with E-state index in [4.69, 9.17) is 5.41 Å². The van der Waals surface area contributed by atoms with Crippen LogP contribution < -0.4 is 16.0 Å². The number of hydrogen-bond donors (Lipinski definition) is 5. The predicted octanol–water partition coefficient (Wildman–Crippen LogP) is 2.45. The molecule has 2 aromatic heterocycles. The van der Waals surface area contributed by atoms with Crippen LogP contribution in [0, 0.1) is 5.41 Å². The van der Waals surface area contributed by atoms with Crippen molar-refractivity contribution in [3.8, 4) is 0 Å². The van der Waals surface area contributed by atoms with Crippen molar-refractivity contribution in [1.82, 2.24) is 25.2 Å². The van der Waals surface area contributed by atoms with Crippen molar-refractivity contribution >= 4 is 34.9 Å². The Kier molecular flexibility index (Phi) is 6.48. The van der Waals surface area contributed by atoms with Gasteiger partial charge in [-0.3, -0.25) is 4.79 Å². The highest BCUT2D eigenvalue weighted by Gasteiger charge is 2.28. The minimum absolute atomic E-state index is 0.0509. The Morgan fingerprint density at radius 2 is 2.28 bits per heavy atom. The fourth-order valence-corrected chi connectivity index (χ4v) is 3.40. The molecular formula is C20H28N8O. The summed E-state index contributed by atoms with van der Waals surface area (Å²) in [6, 6.07) is 2.20. The average Bonchev–Trinajstić information content (AvgIpc) is 3.20. The van der Waals surface area contributed by atoms with E-state index in [1.54, 1.807) is 6.20 Å². The molecule has 1 aliphatic heterocycles. The topological polar surface area (TPSA) is 122 Å². The largest absolute Gasteiger partial charge is 0.389 e. The highest BCUT2D eigenvalue weighted by atomic mass is 16.2. The Bertz CT molecular complexity index is 918. The van der Waals surface area contributed by atoms with Crippen LogP contribution in [0.4, 0.5) is 11.8 Å². The lowest BCUT2D eigenvalue weighted by molar-refractivity contribution is -0.129. The Morgan fingerprint density at radius 1 is 1.45 bits per heavy atom. The zero-order chi connectivity index (χ0) is 20.8. The van der Waals surface area contributed by atoms with Gasteiger partial charge in [0.25, 0.3) is 0 Å². The molecule has 2 atom stereocenters. The second-order valence-electron chi connectivity index (χ2n) is 7.02. The highest BCUT2D eigenvalue weighted by Crippen LogP contribution is 2.25. The number of likely N-dealkylation sites (tertiary alicyclic amines) is 1. The fraction of sp³-hybridized carbons (Fsp3) is 0.400. The first-order valence-electron chi connectivity index (χ1n) is 9.81. The minimum Gasteiger partial charge on any atom is -0.389 e. The van der Waals surface area contributed by atoms with Crippen LogP contribution in [0.1, 0.15) is 26.7 Å². The van der Waals surface area contributed by atoms with Crippen molar-refractivity contribution in [3.05, 3.63) is 36.8 Å². The van der Waals surface area contributed by atoms with Crippen molar-refractivity contribution in [1.29, 1.82) is 5.41 Å². The molecule has 0 spiro atoms. The van der Waals surface area contributed by atoms with E-state index < -0.39 is 0 Å². The number of aromatic amines is 1. The third kappa shape index (κ3) is 4.74. The molecule has 3 heterocycles. The lowest BCUT2D eigenvalue weighted by Gasteiger charge is -2.38. The Balaban J connectivity index is 1.83. The van der Waals surface area contributed by atoms with Gasteiger partial charge in [-0.1, -0.05) is 6.58 Å². The summed E-state index contributed by atoms with van der Waals surface area (Å²) in [7, 11) is 0. The van der Waals surface area contributed by atoms with Crippen LogP contribution in [-0.4, -0.2) is 57.1 Å². The Morgan fingerprint density at radius 3 is 3.00 bits per heavy atom. The maximum Gasteiger partial charge on any atom is 0.246 e. The number of aromatic nitrogens is 3. The number of amides is 1. The van der Waals surface area contributed by atoms with Crippen molar-refractivity contribution in [2.45, 2.75) is 38.8 Å². The maximum atomic E-state index is 12.1. The number of carbonyl (C=O) groups is 1. The maximum absolute atomic E-state index is 12.1. The second-order valence-corrected chi connectivity index (χ2v) is 7.02. The van der Waals surface area contributed by atoms with Gasteiger partial charge in [0.1, 0.15) is 11.5 Å². The molecule has 1 saturated heterocycles. The van der Waals surface area contributed by atoms with Crippen LogP contribution >= 0.6 is 0 Å². The molecule has 3 rings (SSSR count). The van der Waals surface area contributed by atoms with E-state index in [2.05, 4.69) is 44.4 Å². The van der Waals surface area contributed by atoms with E-state index in [9.17, 15) is 4.79 Å². The Labute approximate surface area is 170 Å². The summed E-state index contributed by atoms with van der Waals surface area (Å²) in [4.78, 5) is 26.2. The number of fused-ring (bicyclic) bond motifs is 1.